The monoisotopic (exact) mass is 368 g/mol. The molecular formula is C17H21FN2O2S2. The molecule has 1 aliphatic heterocycles. The molecule has 2 aromatic rings. The molecular weight excluding hydrogens is 347 g/mol. The minimum atomic E-state index is -3.51. The summed E-state index contributed by atoms with van der Waals surface area (Å²) in [7, 11) is -3.51. The third-order valence-corrected chi connectivity index (χ3v) is 6.27. The Morgan fingerprint density at radius 2 is 2.04 bits per heavy atom. The highest BCUT2D eigenvalue weighted by atomic mass is 32.2. The molecule has 0 saturated carbocycles. The van der Waals surface area contributed by atoms with E-state index >= 15 is 0 Å². The highest BCUT2D eigenvalue weighted by Gasteiger charge is 2.25. The number of nitrogens with one attached hydrogen (secondary N) is 1. The molecule has 1 aliphatic rings. The number of benzene rings is 1. The summed E-state index contributed by atoms with van der Waals surface area (Å²) >= 11 is 1.62. The second kappa shape index (κ2) is 7.74. The zero-order valence-electron chi connectivity index (χ0n) is 13.3. The van der Waals surface area contributed by atoms with Gasteiger partial charge in [-0.05, 0) is 66.0 Å². The zero-order valence-corrected chi connectivity index (χ0v) is 15.0. The maximum absolute atomic E-state index is 13.2. The van der Waals surface area contributed by atoms with Crippen LogP contribution < -0.4 is 4.72 Å². The number of sulfonamides is 1. The second-order valence-electron chi connectivity index (χ2n) is 6.05. The molecule has 1 fully saturated rings. The summed E-state index contributed by atoms with van der Waals surface area (Å²) in [5, 5.41) is 4.09. The number of nitrogens with zero attached hydrogens (tertiary/aromatic N) is 1. The lowest BCUT2D eigenvalue weighted by Crippen LogP contribution is -2.37. The average molecular weight is 368 g/mol. The first-order chi connectivity index (χ1) is 11.5. The Morgan fingerprint density at radius 3 is 2.71 bits per heavy atom. The lowest BCUT2D eigenvalue weighted by molar-refractivity contribution is 0.247. The fourth-order valence-corrected chi connectivity index (χ4v) is 4.92. The van der Waals surface area contributed by atoms with Crippen LogP contribution in [-0.4, -0.2) is 33.0 Å². The SMILES string of the molecule is O=S(=O)(Cc1cccc(F)c1)NCC(c1ccsc1)N1CCCC1. The van der Waals surface area contributed by atoms with Gasteiger partial charge in [-0.25, -0.2) is 17.5 Å². The second-order valence-corrected chi connectivity index (χ2v) is 8.64. The molecule has 0 radical (unpaired) electrons. The third-order valence-electron chi connectivity index (χ3n) is 4.25. The molecule has 1 saturated heterocycles. The van der Waals surface area contributed by atoms with E-state index in [1.54, 1.807) is 17.4 Å². The summed E-state index contributed by atoms with van der Waals surface area (Å²) in [5.41, 5.74) is 1.60. The van der Waals surface area contributed by atoms with Crippen molar-refractivity contribution in [2.24, 2.45) is 0 Å². The van der Waals surface area contributed by atoms with Crippen LogP contribution in [0.25, 0.3) is 0 Å². The third kappa shape index (κ3) is 4.63. The summed E-state index contributed by atoms with van der Waals surface area (Å²) in [4.78, 5) is 2.33. The normalized spacial score (nSPS) is 17.2. The smallest absolute Gasteiger partial charge is 0.215 e. The predicted octanol–water partition coefficient (Wildman–Crippen LogP) is 3.14. The van der Waals surface area contributed by atoms with Crippen LogP contribution in [0.5, 0.6) is 0 Å². The fourth-order valence-electron chi connectivity index (χ4n) is 3.08. The molecule has 0 bridgehead atoms. The summed E-state index contributed by atoms with van der Waals surface area (Å²) in [6.07, 6.45) is 2.30. The van der Waals surface area contributed by atoms with Crippen molar-refractivity contribution < 1.29 is 12.8 Å². The minimum Gasteiger partial charge on any atom is -0.295 e. The lowest BCUT2D eigenvalue weighted by atomic mass is 10.1. The molecule has 3 rings (SSSR count). The molecule has 24 heavy (non-hydrogen) atoms. The van der Waals surface area contributed by atoms with Crippen molar-refractivity contribution in [2.75, 3.05) is 19.6 Å². The van der Waals surface area contributed by atoms with Crippen molar-refractivity contribution in [1.29, 1.82) is 0 Å². The molecule has 4 nitrogen and oxygen atoms in total. The van der Waals surface area contributed by atoms with Crippen LogP contribution in [-0.2, 0) is 15.8 Å². The van der Waals surface area contributed by atoms with E-state index in [1.165, 1.54) is 18.2 Å². The van der Waals surface area contributed by atoms with Gasteiger partial charge < -0.3 is 0 Å². The highest BCUT2D eigenvalue weighted by Crippen LogP contribution is 2.26. The van der Waals surface area contributed by atoms with Gasteiger partial charge in [-0.1, -0.05) is 12.1 Å². The fraction of sp³-hybridized carbons (Fsp3) is 0.412. The Balaban J connectivity index is 1.67. The molecule has 1 unspecified atom stereocenters. The molecule has 1 aromatic carbocycles. The predicted molar refractivity (Wildman–Crippen MR) is 94.9 cm³/mol. The Kier molecular flexibility index (Phi) is 5.65. The number of halogens is 1. The van der Waals surface area contributed by atoms with Crippen molar-refractivity contribution in [1.82, 2.24) is 9.62 Å². The molecule has 0 aliphatic carbocycles. The maximum atomic E-state index is 13.2. The van der Waals surface area contributed by atoms with Crippen LogP contribution in [0.1, 0.15) is 30.0 Å². The maximum Gasteiger partial charge on any atom is 0.215 e. The molecule has 2 heterocycles. The Bertz CT molecular complexity index is 757. The van der Waals surface area contributed by atoms with Crippen LogP contribution in [0, 0.1) is 5.82 Å². The van der Waals surface area contributed by atoms with Gasteiger partial charge in [-0.3, -0.25) is 4.90 Å². The molecule has 1 aromatic heterocycles. The molecule has 0 spiro atoms. The largest absolute Gasteiger partial charge is 0.295 e. The van der Waals surface area contributed by atoms with Gasteiger partial charge in [-0.2, -0.15) is 11.3 Å². The Morgan fingerprint density at radius 1 is 1.25 bits per heavy atom. The number of thiophene rings is 1. The van der Waals surface area contributed by atoms with E-state index in [0.29, 0.717) is 12.1 Å². The van der Waals surface area contributed by atoms with E-state index in [-0.39, 0.29) is 11.8 Å². The van der Waals surface area contributed by atoms with Gasteiger partial charge in [-0.15, -0.1) is 0 Å². The van der Waals surface area contributed by atoms with Gasteiger partial charge in [0.05, 0.1) is 5.75 Å². The highest BCUT2D eigenvalue weighted by molar-refractivity contribution is 7.88. The van der Waals surface area contributed by atoms with Gasteiger partial charge in [0.2, 0.25) is 10.0 Å². The van der Waals surface area contributed by atoms with Crippen molar-refractivity contribution in [3.63, 3.8) is 0 Å². The average Bonchev–Trinajstić information content (AvgIpc) is 3.20. The van der Waals surface area contributed by atoms with Crippen molar-refractivity contribution in [2.45, 2.75) is 24.6 Å². The van der Waals surface area contributed by atoms with E-state index < -0.39 is 15.8 Å². The van der Waals surface area contributed by atoms with Gasteiger partial charge in [0, 0.05) is 12.6 Å². The Labute approximate surface area is 146 Å². The summed E-state index contributed by atoms with van der Waals surface area (Å²) in [6, 6.07) is 7.83. The summed E-state index contributed by atoms with van der Waals surface area (Å²) in [6.45, 7) is 2.33. The topological polar surface area (TPSA) is 49.4 Å². The van der Waals surface area contributed by atoms with E-state index in [9.17, 15) is 12.8 Å². The van der Waals surface area contributed by atoms with Crippen molar-refractivity contribution in [3.8, 4) is 0 Å². The molecule has 130 valence electrons. The zero-order chi connectivity index (χ0) is 17.0. The van der Waals surface area contributed by atoms with Gasteiger partial charge >= 0.3 is 0 Å². The summed E-state index contributed by atoms with van der Waals surface area (Å²) in [5.74, 6) is -0.628. The van der Waals surface area contributed by atoms with Gasteiger partial charge in [0.1, 0.15) is 5.82 Å². The van der Waals surface area contributed by atoms with E-state index in [4.69, 9.17) is 0 Å². The van der Waals surface area contributed by atoms with E-state index in [0.717, 1.165) is 31.5 Å². The van der Waals surface area contributed by atoms with Gasteiger partial charge in [0.25, 0.3) is 0 Å². The molecule has 1 atom stereocenters. The van der Waals surface area contributed by atoms with Crippen LogP contribution >= 0.6 is 11.3 Å². The van der Waals surface area contributed by atoms with Crippen LogP contribution in [0.3, 0.4) is 0 Å². The molecule has 0 amide bonds. The van der Waals surface area contributed by atoms with E-state index in [2.05, 4.69) is 21.1 Å². The quantitative estimate of drug-likeness (QED) is 0.817. The van der Waals surface area contributed by atoms with Crippen LogP contribution in [0.2, 0.25) is 0 Å². The molecule has 1 N–H and O–H groups in total. The number of hydrogen-bond acceptors (Lipinski definition) is 4. The number of rotatable bonds is 7. The Hall–Kier alpha value is -1.28. The lowest BCUT2D eigenvalue weighted by Gasteiger charge is -2.27. The van der Waals surface area contributed by atoms with Crippen molar-refractivity contribution >= 4 is 21.4 Å². The molecule has 7 heteroatoms. The minimum absolute atomic E-state index is 0.0565. The first kappa shape index (κ1) is 17.5. The van der Waals surface area contributed by atoms with Crippen LogP contribution in [0.15, 0.2) is 41.1 Å². The van der Waals surface area contributed by atoms with Crippen molar-refractivity contribution in [3.05, 3.63) is 58.0 Å². The van der Waals surface area contributed by atoms with E-state index in [1.807, 2.05) is 5.38 Å². The first-order valence-corrected chi connectivity index (χ1v) is 10.6. The van der Waals surface area contributed by atoms with Gasteiger partial charge in [0.15, 0.2) is 0 Å². The standard InChI is InChI=1S/C17H21FN2O2S2/c18-16-5-3-4-14(10-16)13-24(21,22)19-11-17(15-6-9-23-12-15)20-7-1-2-8-20/h3-6,9-10,12,17,19H,1-2,7-8,11,13H2. The summed E-state index contributed by atoms with van der Waals surface area (Å²) < 4.78 is 40.6. The van der Waals surface area contributed by atoms with Crippen LogP contribution in [0.4, 0.5) is 4.39 Å². The first-order valence-electron chi connectivity index (χ1n) is 8.01. The number of likely N-dealkylation sites (tertiary alicyclic amines) is 1. The number of hydrogen-bond donors (Lipinski definition) is 1.